The normalized spacial score (nSPS) is 45.6. The summed E-state index contributed by atoms with van der Waals surface area (Å²) in [6.45, 7) is 11.5. The summed E-state index contributed by atoms with van der Waals surface area (Å²) >= 11 is 0. The van der Waals surface area contributed by atoms with Crippen LogP contribution < -0.4 is 0 Å². The van der Waals surface area contributed by atoms with Crippen molar-refractivity contribution in [2.24, 2.45) is 28.1 Å². The topological polar surface area (TPSA) is 89.9 Å². The van der Waals surface area contributed by atoms with Gasteiger partial charge in [-0.2, -0.15) is 0 Å². The molecule has 4 rings (SSSR count). The van der Waals surface area contributed by atoms with Crippen LogP contribution in [0.4, 0.5) is 0 Å². The Morgan fingerprint density at radius 3 is 2.29 bits per heavy atom. The monoisotopic (exact) mass is 432 g/mol. The lowest BCUT2D eigenvalue weighted by molar-refractivity contribution is -0.266. The fourth-order valence-corrected chi connectivity index (χ4v) is 8.22. The maximum absolute atomic E-state index is 12.8. The zero-order valence-corrected chi connectivity index (χ0v) is 19.6. The average molecular weight is 433 g/mol. The Morgan fingerprint density at radius 2 is 1.68 bits per heavy atom. The molecule has 3 saturated carbocycles. The summed E-state index contributed by atoms with van der Waals surface area (Å²) in [5.41, 5.74) is -2.23. The molecule has 172 valence electrons. The van der Waals surface area contributed by atoms with E-state index in [0.717, 1.165) is 19.3 Å². The summed E-state index contributed by atoms with van der Waals surface area (Å²) in [7, 11) is 0. The van der Waals surface area contributed by atoms with Crippen LogP contribution in [0.15, 0.2) is 11.6 Å². The minimum atomic E-state index is -1.40. The molecular weight excluding hydrogens is 396 g/mol. The van der Waals surface area contributed by atoms with Crippen molar-refractivity contribution in [2.75, 3.05) is 0 Å². The second-order valence-electron chi connectivity index (χ2n) is 11.4. The Labute approximate surface area is 184 Å². The van der Waals surface area contributed by atoms with E-state index in [9.17, 15) is 19.5 Å². The molecule has 0 radical (unpaired) electrons. The van der Waals surface area contributed by atoms with E-state index in [-0.39, 0.29) is 34.9 Å². The quantitative estimate of drug-likeness (QED) is 0.669. The Morgan fingerprint density at radius 1 is 1.03 bits per heavy atom. The first-order valence-electron chi connectivity index (χ1n) is 11.6. The molecule has 0 aromatic rings. The lowest BCUT2D eigenvalue weighted by Crippen LogP contribution is -2.72. The van der Waals surface area contributed by atoms with E-state index in [0.29, 0.717) is 18.4 Å². The van der Waals surface area contributed by atoms with E-state index in [1.807, 2.05) is 6.92 Å². The van der Waals surface area contributed by atoms with Crippen LogP contribution in [0.2, 0.25) is 0 Å². The first-order valence-corrected chi connectivity index (χ1v) is 11.6. The van der Waals surface area contributed by atoms with Gasteiger partial charge in [0.1, 0.15) is 17.8 Å². The second kappa shape index (κ2) is 6.90. The summed E-state index contributed by atoms with van der Waals surface area (Å²) < 4.78 is 11.8. The van der Waals surface area contributed by atoms with Gasteiger partial charge in [-0.3, -0.25) is 14.4 Å². The SMILES string of the molecule is CC(=O)O[C@H]1C=C2C(=O)CC[C@@]2(O)[C@@]2(C)C1[C@@]1(C)CCCC(C)(C)C1C[C@@H]2OC(C)=O. The van der Waals surface area contributed by atoms with Crippen molar-refractivity contribution < 1.29 is 29.0 Å². The van der Waals surface area contributed by atoms with Crippen molar-refractivity contribution in [1.82, 2.24) is 0 Å². The lowest BCUT2D eigenvalue weighted by atomic mass is 9.37. The molecule has 1 N–H and O–H groups in total. The zero-order chi connectivity index (χ0) is 23.0. The number of hydrogen-bond acceptors (Lipinski definition) is 6. The van der Waals surface area contributed by atoms with Gasteiger partial charge in [-0.1, -0.05) is 34.1 Å². The van der Waals surface area contributed by atoms with Crippen molar-refractivity contribution in [1.29, 1.82) is 0 Å². The molecule has 2 unspecified atom stereocenters. The minimum Gasteiger partial charge on any atom is -0.462 e. The van der Waals surface area contributed by atoms with E-state index < -0.39 is 35.2 Å². The molecule has 3 fully saturated rings. The number of carbonyl (C=O) groups excluding carboxylic acids is 3. The van der Waals surface area contributed by atoms with Crippen molar-refractivity contribution in [3.05, 3.63) is 11.6 Å². The predicted octanol–water partition coefficient (Wildman–Crippen LogP) is 3.74. The number of rotatable bonds is 2. The van der Waals surface area contributed by atoms with Crippen molar-refractivity contribution in [3.63, 3.8) is 0 Å². The van der Waals surface area contributed by atoms with Gasteiger partial charge in [0.05, 0.1) is 0 Å². The van der Waals surface area contributed by atoms with Crippen LogP contribution in [-0.4, -0.2) is 40.6 Å². The van der Waals surface area contributed by atoms with E-state index >= 15 is 0 Å². The summed E-state index contributed by atoms with van der Waals surface area (Å²) in [6, 6.07) is 0. The summed E-state index contributed by atoms with van der Waals surface area (Å²) in [4.78, 5) is 37.1. The fraction of sp³-hybridized carbons (Fsp3) is 0.800. The standard InChI is InChI=1S/C25H36O6/c1-14(26)30-18-12-16-17(28)8-11-25(16,29)24(6)20(31-15(2)27)13-19-22(3,4)9-7-10-23(19,5)21(18)24/h12,18-21,29H,7-11,13H2,1-6H3/t18-,19?,20-,21?,23-,24+,25-/m0/s1. The molecule has 0 amide bonds. The van der Waals surface area contributed by atoms with Gasteiger partial charge in [-0.25, -0.2) is 0 Å². The van der Waals surface area contributed by atoms with Crippen molar-refractivity contribution in [2.45, 2.75) is 97.9 Å². The van der Waals surface area contributed by atoms with Crippen molar-refractivity contribution in [3.8, 4) is 0 Å². The van der Waals surface area contributed by atoms with Crippen LogP contribution in [0.1, 0.15) is 80.1 Å². The molecule has 0 aromatic carbocycles. The number of carbonyl (C=O) groups is 3. The third-order valence-corrected chi connectivity index (χ3v) is 9.37. The number of aliphatic hydroxyl groups is 1. The molecule has 0 aromatic heterocycles. The number of Topliss-reactive ketones (excluding diaryl/α,β-unsaturated/α-hetero) is 1. The first kappa shape index (κ1) is 22.5. The van der Waals surface area contributed by atoms with Crippen molar-refractivity contribution >= 4 is 17.7 Å². The highest BCUT2D eigenvalue weighted by Gasteiger charge is 2.74. The third kappa shape index (κ3) is 2.96. The summed E-state index contributed by atoms with van der Waals surface area (Å²) in [5.74, 6) is -0.964. The van der Waals surface area contributed by atoms with E-state index in [2.05, 4.69) is 20.8 Å². The molecule has 31 heavy (non-hydrogen) atoms. The smallest absolute Gasteiger partial charge is 0.303 e. The van der Waals surface area contributed by atoms with Gasteiger partial charge < -0.3 is 14.6 Å². The van der Waals surface area contributed by atoms with Gasteiger partial charge in [-0.05, 0) is 48.5 Å². The molecule has 0 aliphatic heterocycles. The van der Waals surface area contributed by atoms with E-state index in [4.69, 9.17) is 9.47 Å². The van der Waals surface area contributed by atoms with Gasteiger partial charge >= 0.3 is 11.9 Å². The van der Waals surface area contributed by atoms with Gasteiger partial charge in [0.2, 0.25) is 0 Å². The fourth-order valence-electron chi connectivity index (χ4n) is 8.22. The Hall–Kier alpha value is -1.69. The molecule has 7 atom stereocenters. The Bertz CT molecular complexity index is 858. The average Bonchev–Trinajstić information content (AvgIpc) is 2.92. The zero-order valence-electron chi connectivity index (χ0n) is 19.6. The molecule has 6 heteroatoms. The van der Waals surface area contributed by atoms with Crippen LogP contribution >= 0.6 is 0 Å². The second-order valence-corrected chi connectivity index (χ2v) is 11.4. The van der Waals surface area contributed by atoms with Crippen LogP contribution in [0.25, 0.3) is 0 Å². The number of esters is 2. The molecule has 0 spiro atoms. The minimum absolute atomic E-state index is 0.0195. The highest BCUT2D eigenvalue weighted by molar-refractivity contribution is 6.00. The summed E-state index contributed by atoms with van der Waals surface area (Å²) in [6.07, 6.45) is 4.75. The van der Waals surface area contributed by atoms with E-state index in [1.54, 1.807) is 6.08 Å². The number of hydrogen-bond donors (Lipinski definition) is 1. The van der Waals surface area contributed by atoms with Crippen LogP contribution in [0, 0.1) is 28.1 Å². The van der Waals surface area contributed by atoms with Crippen LogP contribution in [0.5, 0.6) is 0 Å². The molecule has 0 saturated heterocycles. The third-order valence-electron chi connectivity index (χ3n) is 9.37. The van der Waals surface area contributed by atoms with Gasteiger partial charge in [0.15, 0.2) is 5.78 Å². The molecule has 4 aliphatic rings. The van der Waals surface area contributed by atoms with Gasteiger partial charge in [0, 0.05) is 37.2 Å². The Balaban J connectivity index is 1.97. The van der Waals surface area contributed by atoms with Gasteiger partial charge in [-0.15, -0.1) is 0 Å². The number of ether oxygens (including phenoxy) is 2. The summed E-state index contributed by atoms with van der Waals surface area (Å²) in [5, 5.41) is 12.1. The highest BCUT2D eigenvalue weighted by atomic mass is 16.6. The predicted molar refractivity (Wildman–Crippen MR) is 114 cm³/mol. The highest BCUT2D eigenvalue weighted by Crippen LogP contribution is 2.71. The molecular formula is C25H36O6. The largest absolute Gasteiger partial charge is 0.462 e. The number of fused-ring (bicyclic) bond motifs is 5. The lowest BCUT2D eigenvalue weighted by Gasteiger charge is -2.68. The first-order chi connectivity index (χ1) is 14.3. The van der Waals surface area contributed by atoms with Crippen LogP contribution in [-0.2, 0) is 23.9 Å². The molecule has 6 nitrogen and oxygen atoms in total. The maximum Gasteiger partial charge on any atom is 0.303 e. The molecule has 0 bridgehead atoms. The van der Waals surface area contributed by atoms with Gasteiger partial charge in [0.25, 0.3) is 0 Å². The van der Waals surface area contributed by atoms with E-state index in [1.165, 1.54) is 13.8 Å². The number of ketones is 1. The molecule has 0 heterocycles. The van der Waals surface area contributed by atoms with Crippen LogP contribution in [0.3, 0.4) is 0 Å². The Kier molecular flexibility index (Phi) is 5.01. The maximum atomic E-state index is 12.8. The molecule has 4 aliphatic carbocycles.